The van der Waals surface area contributed by atoms with Crippen LogP contribution in [0.3, 0.4) is 0 Å². The molecule has 0 spiro atoms. The van der Waals surface area contributed by atoms with Crippen molar-refractivity contribution < 1.29 is 13.9 Å². The maximum Gasteiger partial charge on any atom is 0.340 e. The van der Waals surface area contributed by atoms with Gasteiger partial charge in [0.05, 0.1) is 12.7 Å². The standard InChI is InChI=1S/C15H18FN3O2/c1-19-12(6-8-18-19)5-7-17-10-11-3-4-13(14(16)9-11)15(20)21-2/h3-4,6,8-9,17H,5,7,10H2,1-2H3. The normalized spacial score (nSPS) is 10.6. The molecule has 0 radical (unpaired) electrons. The van der Waals surface area contributed by atoms with Crippen LogP contribution in [-0.2, 0) is 24.8 Å². The molecule has 1 heterocycles. The number of nitrogens with one attached hydrogen (secondary N) is 1. The van der Waals surface area contributed by atoms with Crippen molar-refractivity contribution in [3.63, 3.8) is 0 Å². The van der Waals surface area contributed by atoms with Crippen molar-refractivity contribution in [3.05, 3.63) is 53.1 Å². The molecular weight excluding hydrogens is 273 g/mol. The van der Waals surface area contributed by atoms with E-state index >= 15 is 0 Å². The van der Waals surface area contributed by atoms with Gasteiger partial charge in [0.2, 0.25) is 0 Å². The fourth-order valence-electron chi connectivity index (χ4n) is 2.04. The quantitative estimate of drug-likeness (QED) is 0.650. The first-order chi connectivity index (χ1) is 10.1. The zero-order valence-corrected chi connectivity index (χ0v) is 12.1. The van der Waals surface area contributed by atoms with Crippen molar-refractivity contribution in [2.45, 2.75) is 13.0 Å². The summed E-state index contributed by atoms with van der Waals surface area (Å²) in [4.78, 5) is 11.3. The first kappa shape index (κ1) is 15.2. The summed E-state index contributed by atoms with van der Waals surface area (Å²) in [7, 11) is 3.13. The molecule has 0 aliphatic carbocycles. The lowest BCUT2D eigenvalue weighted by atomic mass is 10.1. The van der Waals surface area contributed by atoms with Crippen LogP contribution < -0.4 is 5.32 Å². The number of esters is 1. The summed E-state index contributed by atoms with van der Waals surface area (Å²) in [5, 5.41) is 7.33. The lowest BCUT2D eigenvalue weighted by molar-refractivity contribution is 0.0595. The Morgan fingerprint density at radius 1 is 1.43 bits per heavy atom. The van der Waals surface area contributed by atoms with Gasteiger partial charge in [-0.25, -0.2) is 9.18 Å². The lowest BCUT2D eigenvalue weighted by Gasteiger charge is -2.07. The van der Waals surface area contributed by atoms with E-state index in [1.54, 1.807) is 12.3 Å². The van der Waals surface area contributed by atoms with Crippen molar-refractivity contribution in [1.82, 2.24) is 15.1 Å². The number of benzene rings is 1. The number of halogens is 1. The summed E-state index contributed by atoms with van der Waals surface area (Å²) in [6.07, 6.45) is 2.61. The first-order valence-corrected chi connectivity index (χ1v) is 6.66. The molecule has 0 aliphatic rings. The second kappa shape index (κ2) is 6.99. The van der Waals surface area contributed by atoms with E-state index in [1.807, 2.05) is 17.8 Å². The summed E-state index contributed by atoms with van der Waals surface area (Å²) in [5.74, 6) is -1.23. The van der Waals surface area contributed by atoms with Gasteiger partial charge in [-0.2, -0.15) is 5.10 Å². The van der Waals surface area contributed by atoms with Crippen molar-refractivity contribution in [2.24, 2.45) is 7.05 Å². The number of ether oxygens (including phenoxy) is 1. The van der Waals surface area contributed by atoms with E-state index in [0.29, 0.717) is 6.54 Å². The average molecular weight is 291 g/mol. The molecule has 6 heteroatoms. The van der Waals surface area contributed by atoms with Crippen molar-refractivity contribution in [2.75, 3.05) is 13.7 Å². The molecule has 0 aliphatic heterocycles. The molecule has 0 unspecified atom stereocenters. The first-order valence-electron chi connectivity index (χ1n) is 6.66. The van der Waals surface area contributed by atoms with Crippen LogP contribution in [0.2, 0.25) is 0 Å². The van der Waals surface area contributed by atoms with E-state index in [-0.39, 0.29) is 5.56 Å². The van der Waals surface area contributed by atoms with Crippen LogP contribution >= 0.6 is 0 Å². The molecule has 5 nitrogen and oxygen atoms in total. The van der Waals surface area contributed by atoms with E-state index in [2.05, 4.69) is 15.2 Å². The monoisotopic (exact) mass is 291 g/mol. The second-order valence-electron chi connectivity index (χ2n) is 4.68. The third kappa shape index (κ3) is 3.88. The molecular formula is C15H18FN3O2. The van der Waals surface area contributed by atoms with Gasteiger partial charge in [0.1, 0.15) is 5.82 Å². The molecule has 21 heavy (non-hydrogen) atoms. The Morgan fingerprint density at radius 2 is 2.24 bits per heavy atom. The van der Waals surface area contributed by atoms with Crippen LogP contribution in [0, 0.1) is 5.82 Å². The largest absolute Gasteiger partial charge is 0.465 e. The summed E-state index contributed by atoms with van der Waals surface area (Å²) in [5.41, 5.74) is 1.87. The molecule has 1 N–H and O–H groups in total. The molecule has 2 rings (SSSR count). The van der Waals surface area contributed by atoms with Gasteiger partial charge in [0, 0.05) is 38.4 Å². The minimum Gasteiger partial charge on any atom is -0.465 e. The summed E-state index contributed by atoms with van der Waals surface area (Å²) < 4.78 is 20.1. The third-order valence-electron chi connectivity index (χ3n) is 3.25. The van der Waals surface area contributed by atoms with Crippen molar-refractivity contribution >= 4 is 5.97 Å². The number of nitrogens with zero attached hydrogens (tertiary/aromatic N) is 2. The molecule has 0 amide bonds. The van der Waals surface area contributed by atoms with E-state index in [4.69, 9.17) is 0 Å². The summed E-state index contributed by atoms with van der Waals surface area (Å²) >= 11 is 0. The molecule has 2 aromatic rings. The minimum atomic E-state index is -0.664. The summed E-state index contributed by atoms with van der Waals surface area (Å²) in [6, 6.07) is 6.47. The minimum absolute atomic E-state index is 0.0452. The van der Waals surface area contributed by atoms with Crippen LogP contribution in [0.15, 0.2) is 30.5 Å². The zero-order valence-electron chi connectivity index (χ0n) is 12.1. The highest BCUT2D eigenvalue weighted by Crippen LogP contribution is 2.11. The van der Waals surface area contributed by atoms with Crippen LogP contribution in [0.1, 0.15) is 21.6 Å². The van der Waals surface area contributed by atoms with Crippen molar-refractivity contribution in [1.29, 1.82) is 0 Å². The Hall–Kier alpha value is -2.21. The molecule has 1 aromatic heterocycles. The Bertz CT molecular complexity index is 625. The number of carbonyl (C=O) groups excluding carboxylic acids is 1. The Morgan fingerprint density at radius 3 is 2.86 bits per heavy atom. The van der Waals surface area contributed by atoms with Crippen LogP contribution in [0.5, 0.6) is 0 Å². The molecule has 0 saturated heterocycles. The molecule has 1 aromatic carbocycles. The van der Waals surface area contributed by atoms with Gasteiger partial charge >= 0.3 is 5.97 Å². The number of hydrogen-bond donors (Lipinski definition) is 1. The number of carbonyl (C=O) groups is 1. The third-order valence-corrected chi connectivity index (χ3v) is 3.25. The van der Waals surface area contributed by atoms with E-state index < -0.39 is 11.8 Å². The van der Waals surface area contributed by atoms with Gasteiger partial charge in [-0.1, -0.05) is 6.07 Å². The number of aryl methyl sites for hydroxylation is 1. The maximum atomic E-state index is 13.7. The number of rotatable bonds is 6. The van der Waals surface area contributed by atoms with E-state index in [9.17, 15) is 9.18 Å². The fraction of sp³-hybridized carbons (Fsp3) is 0.333. The molecule has 112 valence electrons. The Balaban J connectivity index is 1.85. The van der Waals surface area contributed by atoms with E-state index in [0.717, 1.165) is 24.2 Å². The number of aromatic nitrogens is 2. The van der Waals surface area contributed by atoms with Gasteiger partial charge in [0.25, 0.3) is 0 Å². The molecule has 0 atom stereocenters. The molecule has 0 bridgehead atoms. The highest BCUT2D eigenvalue weighted by atomic mass is 19.1. The average Bonchev–Trinajstić information content (AvgIpc) is 2.88. The number of methoxy groups -OCH3 is 1. The van der Waals surface area contributed by atoms with Crippen molar-refractivity contribution in [3.8, 4) is 0 Å². The molecule has 0 fully saturated rings. The van der Waals surface area contributed by atoms with Crippen LogP contribution in [0.4, 0.5) is 4.39 Å². The van der Waals surface area contributed by atoms with Crippen LogP contribution in [0.25, 0.3) is 0 Å². The fourth-order valence-corrected chi connectivity index (χ4v) is 2.04. The van der Waals surface area contributed by atoms with E-state index in [1.165, 1.54) is 19.2 Å². The van der Waals surface area contributed by atoms with Crippen LogP contribution in [-0.4, -0.2) is 29.4 Å². The maximum absolute atomic E-state index is 13.7. The van der Waals surface area contributed by atoms with Gasteiger partial charge < -0.3 is 10.1 Å². The van der Waals surface area contributed by atoms with Gasteiger partial charge in [-0.3, -0.25) is 4.68 Å². The van der Waals surface area contributed by atoms with Gasteiger partial charge in [0.15, 0.2) is 0 Å². The van der Waals surface area contributed by atoms with Gasteiger partial charge in [-0.15, -0.1) is 0 Å². The zero-order chi connectivity index (χ0) is 15.2. The summed E-state index contributed by atoms with van der Waals surface area (Å²) in [6.45, 7) is 1.30. The Labute approximate surface area is 122 Å². The predicted octanol–water partition coefficient (Wildman–Crippen LogP) is 1.68. The highest BCUT2D eigenvalue weighted by Gasteiger charge is 2.11. The lowest BCUT2D eigenvalue weighted by Crippen LogP contribution is -2.18. The number of hydrogen-bond acceptors (Lipinski definition) is 4. The highest BCUT2D eigenvalue weighted by molar-refractivity contribution is 5.89. The Kier molecular flexibility index (Phi) is 5.05. The second-order valence-corrected chi connectivity index (χ2v) is 4.68. The van der Waals surface area contributed by atoms with Gasteiger partial charge in [-0.05, 0) is 23.8 Å². The SMILES string of the molecule is COC(=O)c1ccc(CNCCc2ccnn2C)cc1F. The topological polar surface area (TPSA) is 56.1 Å². The predicted molar refractivity (Wildman–Crippen MR) is 76.4 cm³/mol. The smallest absolute Gasteiger partial charge is 0.340 e. The molecule has 0 saturated carbocycles.